The van der Waals surface area contributed by atoms with Crippen molar-refractivity contribution in [3.8, 4) is 0 Å². The van der Waals surface area contributed by atoms with Crippen molar-refractivity contribution < 1.29 is 14.6 Å². The summed E-state index contributed by atoms with van der Waals surface area (Å²) in [7, 11) is 1.91. The molecule has 0 radical (unpaired) electrons. The van der Waals surface area contributed by atoms with Crippen LogP contribution in [0.3, 0.4) is 0 Å². The minimum absolute atomic E-state index is 0.0745. The lowest BCUT2D eigenvalue weighted by Gasteiger charge is -2.25. The van der Waals surface area contributed by atoms with Crippen LogP contribution in [-0.2, 0) is 16.1 Å². The second kappa shape index (κ2) is 5.25. The summed E-state index contributed by atoms with van der Waals surface area (Å²) < 4.78 is 5.25. The monoisotopic (exact) mass is 236 g/mol. The van der Waals surface area contributed by atoms with E-state index in [1.54, 1.807) is 6.20 Å². The highest BCUT2D eigenvalue weighted by atomic mass is 16.5. The molecule has 0 aromatic carbocycles. The zero-order valence-corrected chi connectivity index (χ0v) is 9.74. The number of aliphatic carboxylic acids is 1. The molecule has 1 saturated heterocycles. The molecular formula is C12H16N2O3. The maximum atomic E-state index is 11.0. The Morgan fingerprint density at radius 1 is 1.59 bits per heavy atom. The number of likely N-dealkylation sites (N-methyl/N-ethyl adjacent to an activating group) is 1. The zero-order chi connectivity index (χ0) is 12.3. The van der Waals surface area contributed by atoms with Gasteiger partial charge in [0, 0.05) is 18.8 Å². The Labute approximate surface area is 100 Å². The minimum atomic E-state index is -0.791. The summed E-state index contributed by atoms with van der Waals surface area (Å²) in [6.07, 6.45) is 1.74. The summed E-state index contributed by atoms with van der Waals surface area (Å²) in [5.41, 5.74) is 0.936. The van der Waals surface area contributed by atoms with E-state index in [4.69, 9.17) is 9.84 Å². The van der Waals surface area contributed by atoms with Crippen LogP contribution in [0.1, 0.15) is 5.69 Å². The molecular weight excluding hydrogens is 220 g/mol. The second-order valence-corrected chi connectivity index (χ2v) is 4.29. The third-order valence-electron chi connectivity index (χ3n) is 3.07. The number of hydrogen-bond acceptors (Lipinski definition) is 4. The molecule has 0 aliphatic carbocycles. The summed E-state index contributed by atoms with van der Waals surface area (Å²) >= 11 is 0. The number of rotatable bonds is 4. The number of nitrogens with zero attached hydrogens (tertiary/aromatic N) is 2. The van der Waals surface area contributed by atoms with E-state index in [9.17, 15) is 4.79 Å². The van der Waals surface area contributed by atoms with Crippen molar-refractivity contribution in [2.24, 2.45) is 5.92 Å². The largest absolute Gasteiger partial charge is 0.481 e. The van der Waals surface area contributed by atoms with Gasteiger partial charge in [0.1, 0.15) is 0 Å². The average Bonchev–Trinajstić information content (AvgIpc) is 2.79. The summed E-state index contributed by atoms with van der Waals surface area (Å²) in [5, 5.41) is 9.08. The number of carbonyl (C=O) groups is 1. The Morgan fingerprint density at radius 2 is 2.41 bits per heavy atom. The molecule has 1 aromatic rings. The summed E-state index contributed by atoms with van der Waals surface area (Å²) in [6, 6.07) is 5.65. The predicted octanol–water partition coefficient (Wildman–Crippen LogP) is 0.613. The van der Waals surface area contributed by atoms with Gasteiger partial charge in [0.2, 0.25) is 0 Å². The Kier molecular flexibility index (Phi) is 3.71. The average molecular weight is 236 g/mol. The topological polar surface area (TPSA) is 62.7 Å². The molecule has 1 N–H and O–H groups in total. The molecule has 2 rings (SSSR count). The van der Waals surface area contributed by atoms with E-state index in [0.717, 1.165) is 5.69 Å². The molecule has 5 heteroatoms. The van der Waals surface area contributed by atoms with Gasteiger partial charge in [-0.2, -0.15) is 0 Å². The Morgan fingerprint density at radius 3 is 3.06 bits per heavy atom. The van der Waals surface area contributed by atoms with Gasteiger partial charge >= 0.3 is 5.97 Å². The van der Waals surface area contributed by atoms with Crippen molar-refractivity contribution in [2.75, 3.05) is 20.3 Å². The molecule has 0 amide bonds. The fourth-order valence-corrected chi connectivity index (χ4v) is 2.08. The SMILES string of the molecule is CN(Cc1ccccn1)C1COCC1C(=O)O. The fourth-order valence-electron chi connectivity index (χ4n) is 2.08. The van der Waals surface area contributed by atoms with Crippen LogP contribution in [0.25, 0.3) is 0 Å². The van der Waals surface area contributed by atoms with Gasteiger partial charge in [-0.3, -0.25) is 14.7 Å². The predicted molar refractivity (Wildman–Crippen MR) is 61.4 cm³/mol. The molecule has 0 saturated carbocycles. The maximum Gasteiger partial charge on any atom is 0.310 e. The van der Waals surface area contributed by atoms with Crippen molar-refractivity contribution in [1.29, 1.82) is 0 Å². The summed E-state index contributed by atoms with van der Waals surface area (Å²) in [4.78, 5) is 17.3. The smallest absolute Gasteiger partial charge is 0.310 e. The van der Waals surface area contributed by atoms with E-state index in [1.165, 1.54) is 0 Å². The highest BCUT2D eigenvalue weighted by Crippen LogP contribution is 2.20. The van der Waals surface area contributed by atoms with E-state index in [-0.39, 0.29) is 6.04 Å². The first kappa shape index (κ1) is 12.0. The van der Waals surface area contributed by atoms with Gasteiger partial charge in [-0.25, -0.2) is 0 Å². The minimum Gasteiger partial charge on any atom is -0.481 e. The summed E-state index contributed by atoms with van der Waals surface area (Å²) in [5.74, 6) is -1.23. The van der Waals surface area contributed by atoms with Gasteiger partial charge in [-0.15, -0.1) is 0 Å². The normalized spacial score (nSPS) is 24.1. The van der Waals surface area contributed by atoms with E-state index >= 15 is 0 Å². The van der Waals surface area contributed by atoms with Gasteiger partial charge in [0.05, 0.1) is 24.8 Å². The van der Waals surface area contributed by atoms with Crippen LogP contribution in [0.4, 0.5) is 0 Å². The Balaban J connectivity index is 2.00. The number of carboxylic acids is 1. The standard InChI is InChI=1S/C12H16N2O3/c1-14(6-9-4-2-3-5-13-9)11-8-17-7-10(11)12(15)16/h2-5,10-11H,6-8H2,1H3,(H,15,16). The maximum absolute atomic E-state index is 11.0. The van der Waals surface area contributed by atoms with Crippen molar-refractivity contribution in [3.63, 3.8) is 0 Å². The van der Waals surface area contributed by atoms with Gasteiger partial charge < -0.3 is 9.84 Å². The molecule has 2 atom stereocenters. The van der Waals surface area contributed by atoms with E-state index < -0.39 is 11.9 Å². The highest BCUT2D eigenvalue weighted by molar-refractivity contribution is 5.71. The first-order valence-electron chi connectivity index (χ1n) is 5.59. The third-order valence-corrected chi connectivity index (χ3v) is 3.07. The van der Waals surface area contributed by atoms with E-state index in [2.05, 4.69) is 4.98 Å². The molecule has 0 spiro atoms. The van der Waals surface area contributed by atoms with Crippen LogP contribution in [0.2, 0.25) is 0 Å². The molecule has 92 valence electrons. The first-order chi connectivity index (χ1) is 8.18. The first-order valence-corrected chi connectivity index (χ1v) is 5.59. The third kappa shape index (κ3) is 2.81. The number of ether oxygens (including phenoxy) is 1. The van der Waals surface area contributed by atoms with Crippen LogP contribution in [0.5, 0.6) is 0 Å². The van der Waals surface area contributed by atoms with Crippen molar-refractivity contribution >= 4 is 5.97 Å². The number of aromatic nitrogens is 1. The van der Waals surface area contributed by atoms with Crippen molar-refractivity contribution in [3.05, 3.63) is 30.1 Å². The number of pyridine rings is 1. The molecule has 1 fully saturated rings. The molecule has 0 bridgehead atoms. The Hall–Kier alpha value is -1.46. The lowest BCUT2D eigenvalue weighted by molar-refractivity contribution is -0.143. The fraction of sp³-hybridized carbons (Fsp3) is 0.500. The molecule has 17 heavy (non-hydrogen) atoms. The van der Waals surface area contributed by atoms with Gasteiger partial charge in [-0.1, -0.05) is 6.07 Å². The van der Waals surface area contributed by atoms with Crippen LogP contribution in [0.15, 0.2) is 24.4 Å². The molecule has 2 heterocycles. The van der Waals surface area contributed by atoms with Crippen LogP contribution < -0.4 is 0 Å². The van der Waals surface area contributed by atoms with Crippen molar-refractivity contribution in [2.45, 2.75) is 12.6 Å². The van der Waals surface area contributed by atoms with Crippen molar-refractivity contribution in [1.82, 2.24) is 9.88 Å². The van der Waals surface area contributed by atoms with Crippen LogP contribution in [-0.4, -0.2) is 47.3 Å². The molecule has 5 nitrogen and oxygen atoms in total. The van der Waals surface area contributed by atoms with Crippen LogP contribution >= 0.6 is 0 Å². The summed E-state index contributed by atoms with van der Waals surface area (Å²) in [6.45, 7) is 1.41. The van der Waals surface area contributed by atoms with Gasteiger partial charge in [0.25, 0.3) is 0 Å². The van der Waals surface area contributed by atoms with Crippen LogP contribution in [0, 0.1) is 5.92 Å². The zero-order valence-electron chi connectivity index (χ0n) is 9.74. The highest BCUT2D eigenvalue weighted by Gasteiger charge is 2.36. The molecule has 1 aromatic heterocycles. The second-order valence-electron chi connectivity index (χ2n) is 4.29. The number of hydrogen-bond donors (Lipinski definition) is 1. The number of carboxylic acid groups (broad SMARTS) is 1. The molecule has 1 aliphatic rings. The Bertz CT molecular complexity index is 383. The van der Waals surface area contributed by atoms with Gasteiger partial charge in [-0.05, 0) is 19.2 Å². The van der Waals surface area contributed by atoms with Gasteiger partial charge in [0.15, 0.2) is 0 Å². The van der Waals surface area contributed by atoms with E-state index in [1.807, 2.05) is 30.1 Å². The van der Waals surface area contributed by atoms with E-state index in [0.29, 0.717) is 19.8 Å². The lowest BCUT2D eigenvalue weighted by Crippen LogP contribution is -2.40. The molecule has 2 unspecified atom stereocenters. The lowest BCUT2D eigenvalue weighted by atomic mass is 10.0. The quantitative estimate of drug-likeness (QED) is 0.830. The molecule has 1 aliphatic heterocycles.